The van der Waals surface area contributed by atoms with E-state index >= 15 is 0 Å². The molecule has 20 heavy (non-hydrogen) atoms. The average Bonchev–Trinajstić information content (AvgIpc) is 3.00. The maximum absolute atomic E-state index is 12.3. The summed E-state index contributed by atoms with van der Waals surface area (Å²) in [5, 5.41) is -0.375. The predicted octanol–water partition coefficient (Wildman–Crippen LogP) is 2.88. The molecule has 112 valence electrons. The fourth-order valence-electron chi connectivity index (χ4n) is 4.88. The predicted molar refractivity (Wildman–Crippen MR) is 77.0 cm³/mol. The molecular weight excluding hydrogens is 274 g/mol. The third-order valence-electron chi connectivity index (χ3n) is 5.86. The first-order valence-electron chi connectivity index (χ1n) is 8.11. The molecule has 5 atom stereocenters. The summed E-state index contributed by atoms with van der Waals surface area (Å²) in [6, 6.07) is 0. The highest BCUT2D eigenvalue weighted by molar-refractivity contribution is 7.91. The van der Waals surface area contributed by atoms with Gasteiger partial charge < -0.3 is 4.74 Å². The number of rotatable bonds is 2. The summed E-state index contributed by atoms with van der Waals surface area (Å²) < 4.78 is 34.6. The molecule has 3 fully saturated rings. The highest BCUT2D eigenvalue weighted by Gasteiger charge is 2.44. The molecule has 0 aromatic heterocycles. The van der Waals surface area contributed by atoms with Gasteiger partial charge in [-0.2, -0.15) is 0 Å². The number of nitrogens with zero attached hydrogens (tertiary/aromatic N) is 1. The van der Waals surface area contributed by atoms with E-state index in [1.807, 2.05) is 0 Å². The van der Waals surface area contributed by atoms with Crippen LogP contribution in [0.25, 0.3) is 0 Å². The van der Waals surface area contributed by atoms with Crippen LogP contribution in [0.1, 0.15) is 57.8 Å². The van der Waals surface area contributed by atoms with Crippen molar-refractivity contribution in [2.24, 2.45) is 22.2 Å². The van der Waals surface area contributed by atoms with Crippen molar-refractivity contribution in [1.82, 2.24) is 0 Å². The Morgan fingerprint density at radius 3 is 2.70 bits per heavy atom. The summed E-state index contributed by atoms with van der Waals surface area (Å²) in [6.07, 6.45) is 9.58. The molecule has 1 heterocycles. The normalized spacial score (nSPS) is 45.6. The second-order valence-corrected chi connectivity index (χ2v) is 8.94. The minimum Gasteiger partial charge on any atom is -0.475 e. The van der Waals surface area contributed by atoms with Crippen LogP contribution >= 0.6 is 0 Å². The molecule has 2 unspecified atom stereocenters. The molecule has 0 spiro atoms. The van der Waals surface area contributed by atoms with Crippen LogP contribution < -0.4 is 0 Å². The van der Waals surface area contributed by atoms with Gasteiger partial charge in [0, 0.05) is 6.42 Å². The van der Waals surface area contributed by atoms with Crippen LogP contribution in [0.5, 0.6) is 0 Å². The van der Waals surface area contributed by atoms with Crippen molar-refractivity contribution in [2.75, 3.05) is 0 Å². The van der Waals surface area contributed by atoms with Crippen LogP contribution in [0, 0.1) is 17.8 Å². The topological polar surface area (TPSA) is 55.7 Å². The largest absolute Gasteiger partial charge is 0.475 e. The van der Waals surface area contributed by atoms with E-state index < -0.39 is 10.0 Å². The van der Waals surface area contributed by atoms with E-state index in [9.17, 15) is 8.42 Å². The number of hydrogen-bond donors (Lipinski definition) is 0. The maximum Gasteiger partial charge on any atom is 0.262 e. The van der Waals surface area contributed by atoms with Crippen LogP contribution in [0.3, 0.4) is 0 Å². The molecule has 0 aromatic rings. The number of sulfonamides is 1. The van der Waals surface area contributed by atoms with E-state index in [-0.39, 0.29) is 11.4 Å². The molecule has 4 aliphatic rings. The zero-order chi connectivity index (χ0) is 13.7. The molecule has 2 bridgehead atoms. The van der Waals surface area contributed by atoms with Crippen LogP contribution in [-0.2, 0) is 14.8 Å². The van der Waals surface area contributed by atoms with E-state index in [1.54, 1.807) is 0 Å². The molecule has 1 aliphatic heterocycles. The molecule has 0 amide bonds. The fraction of sp³-hybridized carbons (Fsp3) is 0.933. The standard InChI is InChI=1S/C15H23NO3S/c17-20(18)14-4-2-1-3-13(14)19-15(16-20)9-12-8-10-5-6-11(12)7-10/h10-14H,1-9H2/t10-,11+,12-,13?,14?/m0/s1. The van der Waals surface area contributed by atoms with Gasteiger partial charge in [0.15, 0.2) is 0 Å². The van der Waals surface area contributed by atoms with Crippen LogP contribution in [-0.4, -0.2) is 25.7 Å². The first-order valence-corrected chi connectivity index (χ1v) is 9.61. The lowest BCUT2D eigenvalue weighted by Crippen LogP contribution is -2.43. The van der Waals surface area contributed by atoms with Crippen molar-refractivity contribution in [2.45, 2.75) is 69.1 Å². The third kappa shape index (κ3) is 2.18. The van der Waals surface area contributed by atoms with Gasteiger partial charge in [-0.1, -0.05) is 12.8 Å². The summed E-state index contributed by atoms with van der Waals surface area (Å²) in [6.45, 7) is 0. The van der Waals surface area contributed by atoms with Crippen LogP contribution in [0.4, 0.5) is 0 Å². The number of hydrogen-bond acceptors (Lipinski definition) is 3. The summed E-state index contributed by atoms with van der Waals surface area (Å²) in [7, 11) is -3.32. The quantitative estimate of drug-likeness (QED) is 0.787. The molecule has 0 radical (unpaired) electrons. The first kappa shape index (κ1) is 13.1. The van der Waals surface area contributed by atoms with E-state index in [0.29, 0.717) is 11.8 Å². The monoisotopic (exact) mass is 297 g/mol. The minimum absolute atomic E-state index is 0.125. The van der Waals surface area contributed by atoms with Crippen molar-refractivity contribution in [1.29, 1.82) is 0 Å². The molecule has 0 aromatic carbocycles. The first-order chi connectivity index (χ1) is 9.62. The van der Waals surface area contributed by atoms with E-state index in [0.717, 1.165) is 43.9 Å². The van der Waals surface area contributed by atoms with Crippen molar-refractivity contribution >= 4 is 15.9 Å². The third-order valence-corrected chi connectivity index (χ3v) is 7.62. The minimum atomic E-state index is -3.32. The molecule has 5 heteroatoms. The zero-order valence-electron chi connectivity index (χ0n) is 11.8. The summed E-state index contributed by atoms with van der Waals surface area (Å²) >= 11 is 0. The Morgan fingerprint density at radius 1 is 1.10 bits per heavy atom. The second kappa shape index (κ2) is 4.72. The van der Waals surface area contributed by atoms with Crippen LogP contribution in [0.2, 0.25) is 0 Å². The Balaban J connectivity index is 1.52. The average molecular weight is 297 g/mol. The summed E-state index contributed by atoms with van der Waals surface area (Å²) in [4.78, 5) is 0. The lowest BCUT2D eigenvalue weighted by molar-refractivity contribution is 0.131. The van der Waals surface area contributed by atoms with Gasteiger partial charge in [-0.3, -0.25) is 0 Å². The molecule has 3 aliphatic carbocycles. The van der Waals surface area contributed by atoms with Crippen molar-refractivity contribution in [3.8, 4) is 0 Å². The molecule has 4 rings (SSSR count). The van der Waals surface area contributed by atoms with E-state index in [4.69, 9.17) is 4.74 Å². The van der Waals surface area contributed by atoms with Gasteiger partial charge in [0.2, 0.25) is 5.90 Å². The van der Waals surface area contributed by atoms with Crippen LogP contribution in [0.15, 0.2) is 4.40 Å². The Bertz CT molecular complexity index is 527. The highest BCUT2D eigenvalue weighted by atomic mass is 32.2. The zero-order valence-corrected chi connectivity index (χ0v) is 12.6. The Hall–Kier alpha value is -0.580. The van der Waals surface area contributed by atoms with Gasteiger partial charge in [0.05, 0.1) is 0 Å². The van der Waals surface area contributed by atoms with Gasteiger partial charge in [-0.25, -0.2) is 8.42 Å². The molecule has 4 nitrogen and oxygen atoms in total. The Kier molecular flexibility index (Phi) is 3.09. The highest BCUT2D eigenvalue weighted by Crippen LogP contribution is 2.50. The molecular formula is C15H23NO3S. The summed E-state index contributed by atoms with van der Waals surface area (Å²) in [5.41, 5.74) is 0. The fourth-order valence-corrected chi connectivity index (χ4v) is 6.46. The van der Waals surface area contributed by atoms with Gasteiger partial charge in [-0.05, 0) is 56.3 Å². The SMILES string of the molecule is O=S1(=O)N=C(C[C@@H]2C[C@H]3CC[C@@H]2C3)OC2CCCCC21. The van der Waals surface area contributed by atoms with Crippen molar-refractivity contribution < 1.29 is 13.2 Å². The van der Waals surface area contributed by atoms with Crippen molar-refractivity contribution in [3.05, 3.63) is 0 Å². The van der Waals surface area contributed by atoms with E-state index in [1.165, 1.54) is 25.7 Å². The number of ether oxygens (including phenoxy) is 1. The Morgan fingerprint density at radius 2 is 1.95 bits per heavy atom. The number of fused-ring (bicyclic) bond motifs is 3. The molecule has 0 saturated heterocycles. The maximum atomic E-state index is 12.3. The Labute approximate surface area is 121 Å². The van der Waals surface area contributed by atoms with E-state index in [2.05, 4.69) is 4.40 Å². The van der Waals surface area contributed by atoms with Gasteiger partial charge in [0.1, 0.15) is 11.4 Å². The van der Waals surface area contributed by atoms with Gasteiger partial charge in [-0.15, -0.1) is 4.40 Å². The molecule has 3 saturated carbocycles. The van der Waals surface area contributed by atoms with Crippen molar-refractivity contribution in [3.63, 3.8) is 0 Å². The molecule has 0 N–H and O–H groups in total. The smallest absolute Gasteiger partial charge is 0.262 e. The lowest BCUT2D eigenvalue weighted by Gasteiger charge is -2.35. The van der Waals surface area contributed by atoms with Gasteiger partial charge in [0.25, 0.3) is 10.0 Å². The summed E-state index contributed by atoms with van der Waals surface area (Å²) in [5.74, 6) is 2.81. The second-order valence-electron chi connectivity index (χ2n) is 7.12. The van der Waals surface area contributed by atoms with Gasteiger partial charge >= 0.3 is 0 Å². The lowest BCUT2D eigenvalue weighted by atomic mass is 9.86.